The van der Waals surface area contributed by atoms with Crippen LogP contribution in [0.4, 0.5) is 10.1 Å². The van der Waals surface area contributed by atoms with E-state index in [1.807, 2.05) is 0 Å². The molecule has 32 heavy (non-hydrogen) atoms. The van der Waals surface area contributed by atoms with Gasteiger partial charge in [-0.25, -0.2) is 17.6 Å². The van der Waals surface area contributed by atoms with E-state index in [-0.39, 0.29) is 28.8 Å². The second-order valence-corrected chi connectivity index (χ2v) is 10.1. The van der Waals surface area contributed by atoms with Crippen LogP contribution < -0.4 is 4.72 Å². The quantitative estimate of drug-likeness (QED) is 0.570. The molecule has 1 aliphatic heterocycles. The van der Waals surface area contributed by atoms with Gasteiger partial charge in [-0.1, -0.05) is 18.2 Å². The molecule has 0 unspecified atom stereocenters. The fourth-order valence-electron chi connectivity index (χ4n) is 3.53. The summed E-state index contributed by atoms with van der Waals surface area (Å²) in [7, 11) is -2.87. The SMILES string of the molecule is COC(=O)c1c(S(=O)(=O)Nc2ccccc2)sc2c1CCN(C(=O)c1ccc(F)cc1)C2. The largest absolute Gasteiger partial charge is 0.465 e. The monoisotopic (exact) mass is 474 g/mol. The Bertz CT molecular complexity index is 1270. The lowest BCUT2D eigenvalue weighted by atomic mass is 10.0. The number of fused-ring (bicyclic) bond motifs is 1. The van der Waals surface area contributed by atoms with Gasteiger partial charge in [0.2, 0.25) is 0 Å². The highest BCUT2D eigenvalue weighted by atomic mass is 32.2. The molecule has 7 nitrogen and oxygen atoms in total. The van der Waals surface area contributed by atoms with Gasteiger partial charge in [-0.3, -0.25) is 9.52 Å². The Hall–Kier alpha value is -3.24. The van der Waals surface area contributed by atoms with E-state index in [1.165, 1.54) is 31.4 Å². The van der Waals surface area contributed by atoms with Crippen molar-refractivity contribution in [1.82, 2.24) is 4.90 Å². The lowest BCUT2D eigenvalue weighted by molar-refractivity contribution is 0.0595. The molecular formula is C22H19FN2O5S2. The Kier molecular flexibility index (Phi) is 5.98. The molecule has 3 aromatic rings. The number of ether oxygens (including phenoxy) is 1. The third-order valence-corrected chi connectivity index (χ3v) is 8.18. The first-order valence-corrected chi connectivity index (χ1v) is 12.0. The van der Waals surface area contributed by atoms with Gasteiger partial charge in [-0.05, 0) is 48.4 Å². The molecule has 2 heterocycles. The fourth-order valence-corrected chi connectivity index (χ4v) is 6.49. The standard InChI is InChI=1S/C22H19FN2O5S2/c1-30-21(27)19-17-11-12-25(20(26)14-7-9-15(23)10-8-14)13-18(17)31-22(19)32(28,29)24-16-5-3-2-4-6-16/h2-10,24H,11-13H2,1H3. The topological polar surface area (TPSA) is 92.8 Å². The van der Waals surface area contributed by atoms with Crippen LogP contribution in [0.5, 0.6) is 0 Å². The molecule has 1 amide bonds. The first kappa shape index (κ1) is 22.0. The number of halogens is 1. The van der Waals surface area contributed by atoms with E-state index in [1.54, 1.807) is 35.2 Å². The maximum Gasteiger partial charge on any atom is 0.340 e. The predicted octanol–water partition coefficient (Wildman–Crippen LogP) is 3.67. The van der Waals surface area contributed by atoms with E-state index in [9.17, 15) is 22.4 Å². The van der Waals surface area contributed by atoms with Crippen molar-refractivity contribution in [3.8, 4) is 0 Å². The average Bonchev–Trinajstić information content (AvgIpc) is 3.19. The van der Waals surface area contributed by atoms with Gasteiger partial charge >= 0.3 is 5.97 Å². The summed E-state index contributed by atoms with van der Waals surface area (Å²) in [6, 6.07) is 13.6. The van der Waals surface area contributed by atoms with E-state index in [4.69, 9.17) is 4.74 Å². The van der Waals surface area contributed by atoms with Gasteiger partial charge in [0.1, 0.15) is 5.82 Å². The van der Waals surface area contributed by atoms with Gasteiger partial charge in [-0.15, -0.1) is 11.3 Å². The highest BCUT2D eigenvalue weighted by molar-refractivity contribution is 7.94. The predicted molar refractivity (Wildman–Crippen MR) is 118 cm³/mol. The molecule has 0 bridgehead atoms. The molecule has 0 aliphatic carbocycles. The van der Waals surface area contributed by atoms with Gasteiger partial charge in [0.05, 0.1) is 19.2 Å². The smallest absolute Gasteiger partial charge is 0.340 e. The van der Waals surface area contributed by atoms with Gasteiger partial charge in [0.15, 0.2) is 4.21 Å². The number of nitrogens with one attached hydrogen (secondary N) is 1. The summed E-state index contributed by atoms with van der Waals surface area (Å²) < 4.78 is 46.6. The van der Waals surface area contributed by atoms with Gasteiger partial charge in [-0.2, -0.15) is 0 Å². The number of thiophene rings is 1. The molecule has 1 aliphatic rings. The van der Waals surface area contributed by atoms with Crippen molar-refractivity contribution < 1.29 is 27.1 Å². The molecule has 0 saturated heterocycles. The summed E-state index contributed by atoms with van der Waals surface area (Å²) >= 11 is 0.945. The number of sulfonamides is 1. The number of hydrogen-bond donors (Lipinski definition) is 1. The molecule has 0 fully saturated rings. The van der Waals surface area contributed by atoms with E-state index in [0.717, 1.165) is 11.3 Å². The maximum absolute atomic E-state index is 13.2. The Morgan fingerprint density at radius 3 is 2.44 bits per heavy atom. The molecule has 166 valence electrons. The molecule has 0 radical (unpaired) electrons. The fraction of sp³-hybridized carbons (Fsp3) is 0.182. The van der Waals surface area contributed by atoms with Crippen molar-refractivity contribution in [2.75, 3.05) is 18.4 Å². The van der Waals surface area contributed by atoms with Gasteiger partial charge in [0, 0.05) is 22.7 Å². The molecule has 0 atom stereocenters. The zero-order chi connectivity index (χ0) is 22.9. The summed E-state index contributed by atoms with van der Waals surface area (Å²) in [6.45, 7) is 0.427. The van der Waals surface area contributed by atoms with Crippen LogP contribution in [0.2, 0.25) is 0 Å². The van der Waals surface area contributed by atoms with Crippen molar-refractivity contribution in [3.05, 3.63) is 82.0 Å². The number of methoxy groups -OCH3 is 1. The summed E-state index contributed by atoms with van der Waals surface area (Å²) in [5.41, 5.74) is 1.27. The number of para-hydroxylation sites is 1. The Morgan fingerprint density at radius 2 is 1.78 bits per heavy atom. The van der Waals surface area contributed by atoms with Crippen LogP contribution in [0.15, 0.2) is 58.8 Å². The number of esters is 1. The summed E-state index contributed by atoms with van der Waals surface area (Å²) in [6.07, 6.45) is 0.296. The maximum atomic E-state index is 13.2. The van der Waals surface area contributed by atoms with Crippen LogP contribution in [0.3, 0.4) is 0 Å². The van der Waals surface area contributed by atoms with E-state index < -0.39 is 21.8 Å². The van der Waals surface area contributed by atoms with Crippen LogP contribution in [0.1, 0.15) is 31.2 Å². The van der Waals surface area contributed by atoms with Crippen LogP contribution in [-0.4, -0.2) is 38.8 Å². The number of anilines is 1. The number of hydrogen-bond acceptors (Lipinski definition) is 6. The molecule has 1 N–H and O–H groups in total. The highest BCUT2D eigenvalue weighted by Crippen LogP contribution is 2.37. The molecular weight excluding hydrogens is 455 g/mol. The molecule has 0 saturated carbocycles. The zero-order valence-electron chi connectivity index (χ0n) is 17.0. The first-order valence-electron chi connectivity index (χ1n) is 9.65. The van der Waals surface area contributed by atoms with Crippen molar-refractivity contribution >= 4 is 38.9 Å². The van der Waals surface area contributed by atoms with Crippen LogP contribution in [0.25, 0.3) is 0 Å². The van der Waals surface area contributed by atoms with Gasteiger partial charge < -0.3 is 9.64 Å². The minimum atomic E-state index is -4.07. The zero-order valence-corrected chi connectivity index (χ0v) is 18.6. The molecule has 10 heteroatoms. The molecule has 2 aromatic carbocycles. The van der Waals surface area contributed by atoms with Crippen LogP contribution in [0, 0.1) is 5.82 Å². The van der Waals surface area contributed by atoms with Crippen molar-refractivity contribution in [2.45, 2.75) is 17.2 Å². The third kappa shape index (κ3) is 4.23. The molecule has 1 aromatic heterocycles. The highest BCUT2D eigenvalue weighted by Gasteiger charge is 2.35. The average molecular weight is 475 g/mol. The summed E-state index contributed by atoms with van der Waals surface area (Å²) in [5, 5.41) is 0. The number of benzene rings is 2. The number of rotatable bonds is 5. The van der Waals surface area contributed by atoms with E-state index >= 15 is 0 Å². The first-order chi connectivity index (χ1) is 15.3. The normalized spacial score (nSPS) is 13.4. The number of carbonyl (C=O) groups is 2. The summed E-state index contributed by atoms with van der Waals surface area (Å²) in [5.74, 6) is -1.48. The van der Waals surface area contributed by atoms with E-state index in [2.05, 4.69) is 4.72 Å². The van der Waals surface area contributed by atoms with Gasteiger partial charge in [0.25, 0.3) is 15.9 Å². The lowest BCUT2D eigenvalue weighted by Crippen LogP contribution is -2.35. The molecule has 4 rings (SSSR count). The van der Waals surface area contributed by atoms with Crippen molar-refractivity contribution in [3.63, 3.8) is 0 Å². The Morgan fingerprint density at radius 1 is 1.09 bits per heavy atom. The van der Waals surface area contributed by atoms with Crippen molar-refractivity contribution in [1.29, 1.82) is 0 Å². The number of nitrogens with zero attached hydrogens (tertiary/aromatic N) is 1. The third-order valence-electron chi connectivity index (χ3n) is 5.06. The Balaban J connectivity index is 1.68. The minimum Gasteiger partial charge on any atom is -0.465 e. The summed E-state index contributed by atoms with van der Waals surface area (Å²) in [4.78, 5) is 27.5. The second-order valence-electron chi connectivity index (χ2n) is 7.11. The second kappa shape index (κ2) is 8.71. The van der Waals surface area contributed by atoms with Crippen LogP contribution in [-0.2, 0) is 27.7 Å². The minimum absolute atomic E-state index is 0.00446. The van der Waals surface area contributed by atoms with Crippen molar-refractivity contribution in [2.24, 2.45) is 0 Å². The van der Waals surface area contributed by atoms with E-state index in [0.29, 0.717) is 28.1 Å². The Labute approximate surface area is 188 Å². The lowest BCUT2D eigenvalue weighted by Gasteiger charge is -2.27. The molecule has 0 spiro atoms. The van der Waals surface area contributed by atoms with Crippen LogP contribution >= 0.6 is 11.3 Å². The number of carbonyl (C=O) groups excluding carboxylic acids is 2. The number of amides is 1.